The quantitative estimate of drug-likeness (QED) is 0.366. The maximum atomic E-state index is 14.2. The van der Waals surface area contributed by atoms with Crippen LogP contribution in [0.15, 0.2) is 54.6 Å². The second-order valence-electron chi connectivity index (χ2n) is 7.88. The van der Waals surface area contributed by atoms with Crippen molar-refractivity contribution in [2.45, 2.75) is 0 Å². The number of hydrogen-bond acceptors (Lipinski definition) is 5. The van der Waals surface area contributed by atoms with Crippen molar-refractivity contribution in [1.82, 2.24) is 15.1 Å². The van der Waals surface area contributed by atoms with Crippen LogP contribution in [0.3, 0.4) is 0 Å². The lowest BCUT2D eigenvalue weighted by molar-refractivity contribution is 0.0323. The van der Waals surface area contributed by atoms with Crippen LogP contribution in [0.4, 0.5) is 8.78 Å². The molecule has 2 heterocycles. The Hall–Kier alpha value is -3.20. The Morgan fingerprint density at radius 3 is 2.65 bits per heavy atom. The third-order valence-corrected chi connectivity index (χ3v) is 5.95. The number of H-pyrrole nitrogens is 1. The van der Waals surface area contributed by atoms with E-state index in [0.717, 1.165) is 42.7 Å². The van der Waals surface area contributed by atoms with Crippen molar-refractivity contribution in [2.75, 3.05) is 39.5 Å². The lowest BCUT2D eigenvalue weighted by Gasteiger charge is -2.26. The third kappa shape index (κ3) is 4.84. The zero-order valence-corrected chi connectivity index (χ0v) is 18.9. The number of halogens is 3. The number of rotatable bonds is 7. The number of ether oxygens (including phenoxy) is 3. The average molecular weight is 486 g/mol. The molecule has 1 aliphatic heterocycles. The average Bonchev–Trinajstić information content (AvgIpc) is 3.26. The first-order valence-corrected chi connectivity index (χ1v) is 11.3. The highest BCUT2D eigenvalue weighted by Gasteiger charge is 2.19. The molecule has 0 unspecified atom stereocenters. The number of nitrogens with zero attached hydrogens (tertiary/aromatic N) is 2. The van der Waals surface area contributed by atoms with Gasteiger partial charge in [-0.25, -0.2) is 8.78 Å². The van der Waals surface area contributed by atoms with Crippen molar-refractivity contribution >= 4 is 22.5 Å². The summed E-state index contributed by atoms with van der Waals surface area (Å²) in [6, 6.07) is 14.0. The van der Waals surface area contributed by atoms with Gasteiger partial charge in [0.25, 0.3) is 0 Å². The molecule has 0 radical (unpaired) electrons. The molecule has 6 nitrogen and oxygen atoms in total. The van der Waals surface area contributed by atoms with Crippen LogP contribution in [0.25, 0.3) is 22.2 Å². The van der Waals surface area contributed by atoms with Gasteiger partial charge in [-0.05, 0) is 18.2 Å². The highest BCUT2D eigenvalue weighted by atomic mass is 35.5. The van der Waals surface area contributed by atoms with Gasteiger partial charge >= 0.3 is 0 Å². The second-order valence-corrected chi connectivity index (χ2v) is 8.28. The Balaban J connectivity index is 1.50. The fourth-order valence-corrected chi connectivity index (χ4v) is 4.14. The monoisotopic (exact) mass is 485 g/mol. The minimum absolute atomic E-state index is 0.0918. The Kier molecular flexibility index (Phi) is 6.62. The second kappa shape index (κ2) is 9.97. The maximum Gasteiger partial charge on any atom is 0.168 e. The number of fused-ring (bicyclic) bond motifs is 1. The van der Waals surface area contributed by atoms with Gasteiger partial charge in [0.15, 0.2) is 11.6 Å². The van der Waals surface area contributed by atoms with Gasteiger partial charge in [-0.15, -0.1) is 0 Å². The van der Waals surface area contributed by atoms with Gasteiger partial charge in [-0.2, -0.15) is 5.10 Å². The molecule has 0 bridgehead atoms. The van der Waals surface area contributed by atoms with Crippen molar-refractivity contribution in [1.29, 1.82) is 0 Å². The summed E-state index contributed by atoms with van der Waals surface area (Å²) in [4.78, 5) is 2.26. The SMILES string of the molecule is Fc1ccc(Oc2cc(OCCN3CCOCC3)c3c(-c4ccccc4Cl)n[nH]c3c2)c(F)c1. The molecule has 1 N–H and O–H groups in total. The molecule has 34 heavy (non-hydrogen) atoms. The van der Waals surface area contributed by atoms with Gasteiger partial charge in [-0.1, -0.05) is 29.8 Å². The van der Waals surface area contributed by atoms with E-state index in [0.29, 0.717) is 47.6 Å². The first-order chi connectivity index (χ1) is 16.6. The zero-order valence-electron chi connectivity index (χ0n) is 18.2. The van der Waals surface area contributed by atoms with Gasteiger partial charge in [-0.3, -0.25) is 10.00 Å². The molecule has 0 spiro atoms. The normalized spacial score (nSPS) is 14.4. The van der Waals surface area contributed by atoms with Crippen LogP contribution in [-0.2, 0) is 4.74 Å². The van der Waals surface area contributed by atoms with Crippen LogP contribution in [0.2, 0.25) is 5.02 Å². The van der Waals surface area contributed by atoms with E-state index < -0.39 is 11.6 Å². The van der Waals surface area contributed by atoms with Crippen molar-refractivity contribution < 1.29 is 23.0 Å². The molecular formula is C25H22ClF2N3O3. The molecule has 1 aliphatic rings. The summed E-state index contributed by atoms with van der Waals surface area (Å²) in [5.41, 5.74) is 2.03. The fourth-order valence-electron chi connectivity index (χ4n) is 3.91. The molecule has 176 valence electrons. The predicted octanol–water partition coefficient (Wildman–Crippen LogP) is 5.66. The number of aromatic amines is 1. The largest absolute Gasteiger partial charge is 0.491 e. The molecule has 4 aromatic rings. The van der Waals surface area contributed by atoms with Crippen LogP contribution in [0, 0.1) is 11.6 Å². The smallest absolute Gasteiger partial charge is 0.168 e. The van der Waals surface area contributed by atoms with Crippen molar-refractivity contribution in [3.05, 3.63) is 71.3 Å². The van der Waals surface area contributed by atoms with Crippen molar-refractivity contribution in [3.8, 4) is 28.5 Å². The summed E-state index contributed by atoms with van der Waals surface area (Å²) >= 11 is 6.43. The fraction of sp³-hybridized carbons (Fsp3) is 0.240. The number of aromatic nitrogens is 2. The lowest BCUT2D eigenvalue weighted by Crippen LogP contribution is -2.38. The summed E-state index contributed by atoms with van der Waals surface area (Å²) in [5.74, 6) is -0.715. The molecule has 9 heteroatoms. The van der Waals surface area contributed by atoms with E-state index in [1.807, 2.05) is 18.2 Å². The zero-order chi connectivity index (χ0) is 23.5. The first-order valence-electron chi connectivity index (χ1n) is 10.9. The van der Waals surface area contributed by atoms with Gasteiger partial charge < -0.3 is 14.2 Å². The molecule has 1 fully saturated rings. The summed E-state index contributed by atoms with van der Waals surface area (Å²) in [7, 11) is 0. The van der Waals surface area contributed by atoms with E-state index >= 15 is 0 Å². The third-order valence-electron chi connectivity index (χ3n) is 5.62. The molecular weight excluding hydrogens is 464 g/mol. The molecule has 0 saturated carbocycles. The predicted molar refractivity (Wildman–Crippen MR) is 126 cm³/mol. The highest BCUT2D eigenvalue weighted by Crippen LogP contribution is 2.40. The Bertz CT molecular complexity index is 1310. The van der Waals surface area contributed by atoms with Crippen LogP contribution < -0.4 is 9.47 Å². The molecule has 1 aromatic heterocycles. The van der Waals surface area contributed by atoms with Crippen LogP contribution in [0.1, 0.15) is 0 Å². The van der Waals surface area contributed by atoms with Gasteiger partial charge in [0, 0.05) is 43.4 Å². The molecule has 0 amide bonds. The summed E-state index contributed by atoms with van der Waals surface area (Å²) in [6.07, 6.45) is 0. The van der Waals surface area contributed by atoms with E-state index in [-0.39, 0.29) is 5.75 Å². The first kappa shape index (κ1) is 22.6. The van der Waals surface area contributed by atoms with Gasteiger partial charge in [0.05, 0.1) is 29.1 Å². The molecule has 0 aliphatic carbocycles. The van der Waals surface area contributed by atoms with E-state index in [4.69, 9.17) is 25.8 Å². The van der Waals surface area contributed by atoms with Gasteiger partial charge in [0.2, 0.25) is 0 Å². The van der Waals surface area contributed by atoms with E-state index in [2.05, 4.69) is 15.1 Å². The summed E-state index contributed by atoms with van der Waals surface area (Å²) in [5, 5.41) is 8.76. The van der Waals surface area contributed by atoms with Crippen LogP contribution in [-0.4, -0.2) is 54.6 Å². The van der Waals surface area contributed by atoms with Crippen LogP contribution >= 0.6 is 11.6 Å². The lowest BCUT2D eigenvalue weighted by atomic mass is 10.1. The maximum absolute atomic E-state index is 14.2. The number of morpholine rings is 1. The summed E-state index contributed by atoms with van der Waals surface area (Å²) < 4.78 is 44.8. The van der Waals surface area contributed by atoms with Crippen molar-refractivity contribution in [3.63, 3.8) is 0 Å². The van der Waals surface area contributed by atoms with Crippen LogP contribution in [0.5, 0.6) is 17.2 Å². The Morgan fingerprint density at radius 2 is 1.85 bits per heavy atom. The van der Waals surface area contributed by atoms with E-state index in [1.165, 1.54) is 6.07 Å². The van der Waals surface area contributed by atoms with E-state index in [9.17, 15) is 8.78 Å². The van der Waals surface area contributed by atoms with E-state index in [1.54, 1.807) is 18.2 Å². The molecule has 0 atom stereocenters. The topological polar surface area (TPSA) is 59.6 Å². The number of benzene rings is 3. The standard InChI is InChI=1S/C25H22ClF2N3O3/c26-19-4-2-1-3-18(19)25-24-21(29-30-25)14-17(34-22-6-5-16(27)13-20(22)28)15-23(24)33-12-9-31-7-10-32-11-8-31/h1-6,13-15H,7-12H2,(H,29,30). The minimum Gasteiger partial charge on any atom is -0.491 e. The Morgan fingerprint density at radius 1 is 1.03 bits per heavy atom. The highest BCUT2D eigenvalue weighted by molar-refractivity contribution is 6.33. The molecule has 5 rings (SSSR count). The summed E-state index contributed by atoms with van der Waals surface area (Å²) in [6.45, 7) is 4.26. The van der Waals surface area contributed by atoms with Gasteiger partial charge in [0.1, 0.15) is 29.6 Å². The molecule has 1 saturated heterocycles. The molecule has 3 aromatic carbocycles. The number of nitrogens with one attached hydrogen (secondary N) is 1. The Labute approximate surface area is 200 Å². The van der Waals surface area contributed by atoms with Crippen molar-refractivity contribution in [2.24, 2.45) is 0 Å². The minimum atomic E-state index is -0.795. The number of hydrogen-bond donors (Lipinski definition) is 1.